The number of hydrogen-bond donors (Lipinski definition) is 1. The molecule has 2 aliphatic heterocycles. The highest BCUT2D eigenvalue weighted by molar-refractivity contribution is 6.10. The van der Waals surface area contributed by atoms with E-state index >= 15 is 0 Å². The normalized spacial score (nSPS) is 17.1. The van der Waals surface area contributed by atoms with E-state index < -0.39 is 0 Å². The first-order chi connectivity index (χ1) is 11.2. The number of fused-ring (bicyclic) bond motifs is 1. The van der Waals surface area contributed by atoms with E-state index in [9.17, 15) is 5.21 Å². The van der Waals surface area contributed by atoms with Crippen LogP contribution in [0.4, 0.5) is 0 Å². The van der Waals surface area contributed by atoms with Gasteiger partial charge < -0.3 is 0 Å². The maximum atomic E-state index is 10.2. The molecular weight excluding hydrogens is 290 g/mol. The molecule has 0 atom stereocenters. The van der Waals surface area contributed by atoms with Crippen molar-refractivity contribution in [3.05, 3.63) is 89.4 Å². The minimum Gasteiger partial charge on any atom is -0.262 e. The van der Waals surface area contributed by atoms with Crippen LogP contribution in [0.5, 0.6) is 0 Å². The lowest BCUT2D eigenvalue weighted by Crippen LogP contribution is -2.24. The summed E-state index contributed by atoms with van der Waals surface area (Å²) < 4.78 is 0. The molecule has 0 spiro atoms. The molecule has 5 nitrogen and oxygen atoms in total. The van der Waals surface area contributed by atoms with Gasteiger partial charge in [0, 0.05) is 11.1 Å². The Kier molecular flexibility index (Phi) is 3.22. The molecule has 2 aliphatic rings. The SMILES string of the molecule is CC1=CC(c2ccccc2)=NC2=C(c3ccccc3)N(O)ON12. The second kappa shape index (κ2) is 5.39. The fourth-order valence-corrected chi connectivity index (χ4v) is 2.66. The minimum atomic E-state index is 0.520. The average Bonchev–Trinajstić information content (AvgIpc) is 2.93. The van der Waals surface area contributed by atoms with Crippen molar-refractivity contribution in [1.82, 2.24) is 10.3 Å². The van der Waals surface area contributed by atoms with Gasteiger partial charge in [-0.1, -0.05) is 65.9 Å². The van der Waals surface area contributed by atoms with Crippen LogP contribution < -0.4 is 0 Å². The van der Waals surface area contributed by atoms with Crippen molar-refractivity contribution in [2.75, 3.05) is 0 Å². The first-order valence-electron chi connectivity index (χ1n) is 7.33. The van der Waals surface area contributed by atoms with Crippen LogP contribution in [-0.4, -0.2) is 21.2 Å². The van der Waals surface area contributed by atoms with Crippen molar-refractivity contribution in [3.63, 3.8) is 0 Å². The molecule has 0 unspecified atom stereocenters. The maximum absolute atomic E-state index is 10.2. The summed E-state index contributed by atoms with van der Waals surface area (Å²) in [5.41, 5.74) is 4.05. The van der Waals surface area contributed by atoms with E-state index in [0.717, 1.165) is 27.8 Å². The molecule has 2 heterocycles. The van der Waals surface area contributed by atoms with E-state index in [-0.39, 0.29) is 0 Å². The van der Waals surface area contributed by atoms with E-state index in [2.05, 4.69) is 0 Å². The second-order valence-electron chi connectivity index (χ2n) is 5.34. The number of benzene rings is 2. The number of hydrogen-bond acceptors (Lipinski definition) is 5. The van der Waals surface area contributed by atoms with Crippen LogP contribution in [0.3, 0.4) is 0 Å². The van der Waals surface area contributed by atoms with E-state index in [0.29, 0.717) is 11.5 Å². The minimum absolute atomic E-state index is 0.520. The maximum Gasteiger partial charge on any atom is 0.190 e. The van der Waals surface area contributed by atoms with Crippen molar-refractivity contribution in [2.24, 2.45) is 4.99 Å². The van der Waals surface area contributed by atoms with Crippen LogP contribution in [0, 0.1) is 0 Å². The Labute approximate surface area is 133 Å². The summed E-state index contributed by atoms with van der Waals surface area (Å²) in [4.78, 5) is 10.1. The highest BCUT2D eigenvalue weighted by Crippen LogP contribution is 2.36. The fraction of sp³-hybridized carbons (Fsp3) is 0.0556. The molecular formula is C18H15N3O2. The lowest BCUT2D eigenvalue weighted by molar-refractivity contribution is -0.367. The Balaban J connectivity index is 1.88. The Morgan fingerprint density at radius 1 is 0.913 bits per heavy atom. The Morgan fingerprint density at radius 3 is 2.17 bits per heavy atom. The third kappa shape index (κ3) is 2.32. The molecule has 0 amide bonds. The van der Waals surface area contributed by atoms with Gasteiger partial charge in [-0.25, -0.2) is 4.99 Å². The summed E-state index contributed by atoms with van der Waals surface area (Å²) in [6.45, 7) is 1.92. The van der Waals surface area contributed by atoms with Crippen molar-refractivity contribution >= 4 is 11.4 Å². The van der Waals surface area contributed by atoms with Crippen LogP contribution in [0.25, 0.3) is 5.70 Å². The molecule has 0 radical (unpaired) electrons. The predicted octanol–water partition coefficient (Wildman–Crippen LogP) is 3.57. The van der Waals surface area contributed by atoms with E-state index in [1.54, 1.807) is 0 Å². The Bertz CT molecular complexity index is 826. The van der Waals surface area contributed by atoms with Gasteiger partial charge in [0.15, 0.2) is 5.82 Å². The van der Waals surface area contributed by atoms with Gasteiger partial charge in [0.25, 0.3) is 0 Å². The molecule has 0 aromatic heterocycles. The van der Waals surface area contributed by atoms with Crippen LogP contribution in [0.1, 0.15) is 18.1 Å². The van der Waals surface area contributed by atoms with Gasteiger partial charge in [-0.2, -0.15) is 5.06 Å². The Morgan fingerprint density at radius 2 is 1.52 bits per heavy atom. The number of aliphatic imine (C=N–C) groups is 1. The molecule has 23 heavy (non-hydrogen) atoms. The number of nitrogens with zero attached hydrogens (tertiary/aromatic N) is 3. The number of hydroxylamine groups is 4. The summed E-state index contributed by atoms with van der Waals surface area (Å²) in [7, 11) is 0. The average molecular weight is 305 g/mol. The summed E-state index contributed by atoms with van der Waals surface area (Å²) in [6.07, 6.45) is 1.93. The van der Waals surface area contributed by atoms with Gasteiger partial charge >= 0.3 is 0 Å². The lowest BCUT2D eigenvalue weighted by Gasteiger charge is -2.21. The van der Waals surface area contributed by atoms with E-state index in [1.807, 2.05) is 73.7 Å². The largest absolute Gasteiger partial charge is 0.262 e. The van der Waals surface area contributed by atoms with Crippen LogP contribution in [-0.2, 0) is 4.94 Å². The van der Waals surface area contributed by atoms with Gasteiger partial charge in [0.1, 0.15) is 5.70 Å². The van der Waals surface area contributed by atoms with Crippen molar-refractivity contribution in [1.29, 1.82) is 0 Å². The molecule has 2 aromatic rings. The molecule has 0 saturated heterocycles. The molecule has 1 N–H and O–H groups in total. The van der Waals surface area contributed by atoms with E-state index in [1.165, 1.54) is 5.06 Å². The molecule has 114 valence electrons. The molecule has 0 aliphatic carbocycles. The highest BCUT2D eigenvalue weighted by atomic mass is 17.0. The lowest BCUT2D eigenvalue weighted by atomic mass is 10.1. The van der Waals surface area contributed by atoms with E-state index in [4.69, 9.17) is 9.93 Å². The number of rotatable bonds is 2. The molecule has 2 aromatic carbocycles. The van der Waals surface area contributed by atoms with Gasteiger partial charge in [0.05, 0.1) is 11.4 Å². The van der Waals surface area contributed by atoms with Gasteiger partial charge in [-0.05, 0) is 13.0 Å². The first kappa shape index (κ1) is 13.8. The topological polar surface area (TPSA) is 48.3 Å². The third-order valence-electron chi connectivity index (χ3n) is 3.76. The van der Waals surface area contributed by atoms with Crippen molar-refractivity contribution in [3.8, 4) is 0 Å². The van der Waals surface area contributed by atoms with Gasteiger partial charge in [0.2, 0.25) is 0 Å². The number of allylic oxidation sites excluding steroid dienone is 2. The predicted molar refractivity (Wildman–Crippen MR) is 86.6 cm³/mol. The van der Waals surface area contributed by atoms with Crippen molar-refractivity contribution < 1.29 is 10.1 Å². The zero-order chi connectivity index (χ0) is 15.8. The van der Waals surface area contributed by atoms with Crippen LogP contribution in [0.2, 0.25) is 0 Å². The Hall–Kier alpha value is -2.89. The zero-order valence-corrected chi connectivity index (χ0v) is 12.5. The quantitative estimate of drug-likeness (QED) is 0.921. The summed E-state index contributed by atoms with van der Waals surface area (Å²) in [5, 5.41) is 12.4. The smallest absolute Gasteiger partial charge is 0.190 e. The third-order valence-corrected chi connectivity index (χ3v) is 3.76. The second-order valence-corrected chi connectivity index (χ2v) is 5.34. The summed E-state index contributed by atoms with van der Waals surface area (Å²) in [6, 6.07) is 19.5. The standard InChI is InChI=1S/C18H15N3O2/c1-13-12-16(14-8-4-2-5-9-14)19-18-17(21(22)23-20(13)18)15-10-6-3-7-11-15/h2-12,22H,1H3. The molecule has 4 rings (SSSR count). The summed E-state index contributed by atoms with van der Waals surface area (Å²) in [5.74, 6) is 0.567. The molecule has 0 bridgehead atoms. The van der Waals surface area contributed by atoms with Crippen LogP contribution in [0.15, 0.2) is 83.3 Å². The zero-order valence-electron chi connectivity index (χ0n) is 12.5. The van der Waals surface area contributed by atoms with Crippen molar-refractivity contribution in [2.45, 2.75) is 6.92 Å². The molecule has 0 fully saturated rings. The van der Waals surface area contributed by atoms with Gasteiger partial charge in [-0.3, -0.25) is 5.21 Å². The molecule has 0 saturated carbocycles. The van der Waals surface area contributed by atoms with Gasteiger partial charge in [-0.15, -0.1) is 4.94 Å². The monoisotopic (exact) mass is 305 g/mol. The molecule has 5 heteroatoms. The fourth-order valence-electron chi connectivity index (χ4n) is 2.66. The highest BCUT2D eigenvalue weighted by Gasteiger charge is 2.35. The van der Waals surface area contributed by atoms with Crippen LogP contribution >= 0.6 is 0 Å². The first-order valence-corrected chi connectivity index (χ1v) is 7.33. The summed E-state index contributed by atoms with van der Waals surface area (Å²) >= 11 is 0.